The van der Waals surface area contributed by atoms with E-state index >= 15 is 0 Å². The highest BCUT2D eigenvalue weighted by atomic mass is 14.8. The van der Waals surface area contributed by atoms with Gasteiger partial charge in [-0.05, 0) is 95.7 Å². The molecule has 0 aliphatic rings. The molecule has 0 fully saturated rings. The lowest BCUT2D eigenvalue weighted by atomic mass is 9.84. The molecule has 0 spiro atoms. The Hall–Kier alpha value is -5.86. The quantitative estimate of drug-likeness (QED) is 0.202. The van der Waals surface area contributed by atoms with Crippen molar-refractivity contribution in [1.82, 2.24) is 9.97 Å². The maximum absolute atomic E-state index is 5.01. The van der Waals surface area contributed by atoms with Crippen LogP contribution < -0.4 is 0 Å². The molecule has 0 unspecified atom stereocenters. The number of hydrogen-bond donors (Lipinski definition) is 0. The maximum atomic E-state index is 5.01. The van der Waals surface area contributed by atoms with Gasteiger partial charge in [-0.1, -0.05) is 121 Å². The van der Waals surface area contributed by atoms with Gasteiger partial charge in [0.15, 0.2) is 0 Å². The highest BCUT2D eigenvalue weighted by Gasteiger charge is 2.18. The van der Waals surface area contributed by atoms with Gasteiger partial charge in [-0.15, -0.1) is 0 Å². The van der Waals surface area contributed by atoms with E-state index in [1.165, 1.54) is 65.3 Å². The first kappa shape index (κ1) is 24.7. The fraction of sp³-hybridized carbons (Fsp3) is 0. The van der Waals surface area contributed by atoms with Crippen LogP contribution in [0.2, 0.25) is 0 Å². The SMILES string of the molecule is c1ccc2cc(-c3c4ccccc4c(-c4ccc5ccccc5c4)c4cc(-c5cnc6ccccc6n5)ccc34)ccc2c1. The first-order valence-electron chi connectivity index (χ1n) is 15.0. The third kappa shape index (κ3) is 3.96. The standard InChI is InChI=1S/C42H26N2/c1-3-11-29-23-32(19-17-27(29)9-1)41-34-13-5-6-14-35(34)42(33-20-18-28-10-2-4-12-30(28)24-33)37-25-31(21-22-36(37)41)40-26-43-38-15-7-8-16-39(38)44-40/h1-26H. The first-order valence-corrected chi connectivity index (χ1v) is 15.0. The maximum Gasteiger partial charge on any atom is 0.0894 e. The Balaban J connectivity index is 1.39. The average Bonchev–Trinajstić information content (AvgIpc) is 3.09. The highest BCUT2D eigenvalue weighted by Crippen LogP contribution is 2.45. The molecule has 2 heteroatoms. The molecular formula is C42H26N2. The summed E-state index contributed by atoms with van der Waals surface area (Å²) < 4.78 is 0. The predicted molar refractivity (Wildman–Crippen MR) is 186 cm³/mol. The van der Waals surface area contributed by atoms with E-state index in [1.54, 1.807) is 0 Å². The van der Waals surface area contributed by atoms with Crippen LogP contribution in [0.1, 0.15) is 0 Å². The van der Waals surface area contributed by atoms with Crippen LogP contribution >= 0.6 is 0 Å². The summed E-state index contributed by atoms with van der Waals surface area (Å²) in [6, 6.07) is 54.5. The Kier molecular flexibility index (Phi) is 5.54. The van der Waals surface area contributed by atoms with Crippen LogP contribution in [0.5, 0.6) is 0 Å². The summed E-state index contributed by atoms with van der Waals surface area (Å²) in [5, 5.41) is 9.87. The van der Waals surface area contributed by atoms with Crippen molar-refractivity contribution in [3.05, 3.63) is 158 Å². The van der Waals surface area contributed by atoms with E-state index in [0.29, 0.717) is 0 Å². The average molecular weight is 559 g/mol. The van der Waals surface area contributed by atoms with E-state index in [2.05, 4.69) is 127 Å². The van der Waals surface area contributed by atoms with Crippen molar-refractivity contribution < 1.29 is 0 Å². The minimum absolute atomic E-state index is 0.871. The zero-order valence-corrected chi connectivity index (χ0v) is 23.9. The molecule has 204 valence electrons. The molecule has 0 radical (unpaired) electrons. The molecule has 0 atom stereocenters. The van der Waals surface area contributed by atoms with Gasteiger partial charge in [0.1, 0.15) is 0 Å². The fourth-order valence-corrected chi connectivity index (χ4v) is 6.75. The number of rotatable bonds is 3. The normalized spacial score (nSPS) is 11.6. The van der Waals surface area contributed by atoms with Crippen LogP contribution in [-0.4, -0.2) is 9.97 Å². The van der Waals surface area contributed by atoms with Crippen LogP contribution in [0.3, 0.4) is 0 Å². The summed E-state index contributed by atoms with van der Waals surface area (Å²) in [6.45, 7) is 0. The molecule has 1 heterocycles. The largest absolute Gasteiger partial charge is 0.252 e. The molecule has 0 amide bonds. The molecule has 9 aromatic rings. The third-order valence-electron chi connectivity index (χ3n) is 8.84. The zero-order valence-electron chi connectivity index (χ0n) is 23.9. The Morgan fingerprint density at radius 3 is 1.50 bits per heavy atom. The Labute approximate surface area is 254 Å². The molecule has 0 N–H and O–H groups in total. The van der Waals surface area contributed by atoms with E-state index < -0.39 is 0 Å². The molecule has 0 saturated carbocycles. The summed E-state index contributed by atoms with van der Waals surface area (Å²) >= 11 is 0. The van der Waals surface area contributed by atoms with Crippen molar-refractivity contribution in [3.63, 3.8) is 0 Å². The van der Waals surface area contributed by atoms with Crippen molar-refractivity contribution >= 4 is 54.1 Å². The second-order valence-electron chi connectivity index (χ2n) is 11.4. The van der Waals surface area contributed by atoms with Crippen molar-refractivity contribution in [3.8, 4) is 33.5 Å². The van der Waals surface area contributed by atoms with Gasteiger partial charge >= 0.3 is 0 Å². The van der Waals surface area contributed by atoms with Gasteiger partial charge in [-0.25, -0.2) is 4.98 Å². The van der Waals surface area contributed by atoms with E-state index in [9.17, 15) is 0 Å². The van der Waals surface area contributed by atoms with Gasteiger partial charge in [0.05, 0.1) is 22.9 Å². The van der Waals surface area contributed by atoms with Crippen LogP contribution in [0.15, 0.2) is 158 Å². The van der Waals surface area contributed by atoms with Crippen LogP contribution in [0, 0.1) is 0 Å². The highest BCUT2D eigenvalue weighted by molar-refractivity contribution is 6.22. The van der Waals surface area contributed by atoms with Crippen molar-refractivity contribution in [2.24, 2.45) is 0 Å². The number of aromatic nitrogens is 2. The van der Waals surface area contributed by atoms with Crippen LogP contribution in [0.25, 0.3) is 87.6 Å². The fourth-order valence-electron chi connectivity index (χ4n) is 6.75. The van der Waals surface area contributed by atoms with Crippen molar-refractivity contribution in [2.75, 3.05) is 0 Å². The van der Waals surface area contributed by atoms with E-state index in [-0.39, 0.29) is 0 Å². The monoisotopic (exact) mass is 558 g/mol. The number of benzene rings is 8. The van der Waals surface area contributed by atoms with Gasteiger partial charge in [0.25, 0.3) is 0 Å². The lowest BCUT2D eigenvalue weighted by Crippen LogP contribution is -1.93. The minimum Gasteiger partial charge on any atom is -0.252 e. The van der Waals surface area contributed by atoms with Gasteiger partial charge < -0.3 is 0 Å². The number of fused-ring (bicyclic) bond motifs is 5. The molecular weight excluding hydrogens is 532 g/mol. The topological polar surface area (TPSA) is 25.8 Å². The lowest BCUT2D eigenvalue weighted by Gasteiger charge is -2.19. The van der Waals surface area contributed by atoms with E-state index in [1.807, 2.05) is 30.5 Å². The summed E-state index contributed by atoms with van der Waals surface area (Å²) in [4.78, 5) is 9.74. The summed E-state index contributed by atoms with van der Waals surface area (Å²) in [5.41, 5.74) is 8.63. The molecule has 0 bridgehead atoms. The Morgan fingerprint density at radius 2 is 0.841 bits per heavy atom. The second kappa shape index (κ2) is 9.86. The number of nitrogens with zero attached hydrogens (tertiary/aromatic N) is 2. The molecule has 44 heavy (non-hydrogen) atoms. The molecule has 0 aliphatic carbocycles. The predicted octanol–water partition coefficient (Wildman–Crippen LogP) is 11.2. The number of hydrogen-bond acceptors (Lipinski definition) is 2. The Bertz CT molecular complexity index is 2560. The van der Waals surface area contributed by atoms with E-state index in [4.69, 9.17) is 9.97 Å². The molecule has 2 nitrogen and oxygen atoms in total. The minimum atomic E-state index is 0.871. The summed E-state index contributed by atoms with van der Waals surface area (Å²) in [5.74, 6) is 0. The molecule has 9 rings (SSSR count). The Morgan fingerprint density at radius 1 is 0.341 bits per heavy atom. The molecule has 0 aliphatic heterocycles. The first-order chi connectivity index (χ1) is 21.8. The number of para-hydroxylation sites is 2. The molecule has 1 aromatic heterocycles. The van der Waals surface area contributed by atoms with Gasteiger partial charge in [0, 0.05) is 5.56 Å². The van der Waals surface area contributed by atoms with Gasteiger partial charge in [0.2, 0.25) is 0 Å². The molecule has 8 aromatic carbocycles. The van der Waals surface area contributed by atoms with Crippen LogP contribution in [-0.2, 0) is 0 Å². The van der Waals surface area contributed by atoms with E-state index in [0.717, 1.165) is 22.3 Å². The van der Waals surface area contributed by atoms with Gasteiger partial charge in [-0.2, -0.15) is 0 Å². The van der Waals surface area contributed by atoms with Crippen molar-refractivity contribution in [2.45, 2.75) is 0 Å². The summed E-state index contributed by atoms with van der Waals surface area (Å²) in [6.07, 6.45) is 1.89. The van der Waals surface area contributed by atoms with Gasteiger partial charge in [-0.3, -0.25) is 4.98 Å². The van der Waals surface area contributed by atoms with Crippen molar-refractivity contribution in [1.29, 1.82) is 0 Å². The van der Waals surface area contributed by atoms with Crippen LogP contribution in [0.4, 0.5) is 0 Å². The smallest absolute Gasteiger partial charge is 0.0894 e. The summed E-state index contributed by atoms with van der Waals surface area (Å²) in [7, 11) is 0. The zero-order chi connectivity index (χ0) is 29.0. The lowest BCUT2D eigenvalue weighted by molar-refractivity contribution is 1.29. The second-order valence-corrected chi connectivity index (χ2v) is 11.4. The third-order valence-corrected chi connectivity index (χ3v) is 8.84. The molecule has 0 saturated heterocycles.